The highest BCUT2D eigenvalue weighted by Crippen LogP contribution is 2.46. The van der Waals surface area contributed by atoms with Gasteiger partial charge >= 0.3 is 12.1 Å². The van der Waals surface area contributed by atoms with Crippen LogP contribution in [0.15, 0.2) is 49.1 Å². The second-order valence-corrected chi connectivity index (χ2v) is 19.0. The number of nitrogens with zero attached hydrogens (tertiary/aromatic N) is 2. The van der Waals surface area contributed by atoms with E-state index in [0.29, 0.717) is 54.3 Å². The molecule has 4 saturated carbocycles. The van der Waals surface area contributed by atoms with Crippen molar-refractivity contribution in [2.45, 2.75) is 132 Å². The predicted molar refractivity (Wildman–Crippen MR) is 215 cm³/mol. The molecule has 0 radical (unpaired) electrons. The van der Waals surface area contributed by atoms with Crippen molar-refractivity contribution in [2.75, 3.05) is 6.54 Å². The van der Waals surface area contributed by atoms with Crippen molar-refractivity contribution in [3.63, 3.8) is 0 Å². The number of allylic oxidation sites excluding steroid dienone is 2. The third-order valence-electron chi connectivity index (χ3n) is 13.0. The third-order valence-corrected chi connectivity index (χ3v) is 14.8. The molecule has 4 aliphatic carbocycles. The van der Waals surface area contributed by atoms with Gasteiger partial charge < -0.3 is 29.7 Å². The summed E-state index contributed by atoms with van der Waals surface area (Å²) in [7, 11) is -3.93. The Morgan fingerprint density at radius 1 is 1.00 bits per heavy atom. The first-order chi connectivity index (χ1) is 28.4. The van der Waals surface area contributed by atoms with Gasteiger partial charge in [0, 0.05) is 24.6 Å². The molecule has 0 spiro atoms. The van der Waals surface area contributed by atoms with Gasteiger partial charge in [0.25, 0.3) is 5.91 Å². The molecule has 2 aromatic rings. The van der Waals surface area contributed by atoms with Gasteiger partial charge in [0.1, 0.15) is 35.6 Å². The van der Waals surface area contributed by atoms with Crippen molar-refractivity contribution < 1.29 is 46.6 Å². The van der Waals surface area contributed by atoms with Crippen LogP contribution in [-0.2, 0) is 40.4 Å². The summed E-state index contributed by atoms with van der Waals surface area (Å²) in [5.74, 6) is -2.63. The number of rotatable bonds is 8. The molecular formula is C43H53N5O10S. The zero-order valence-corrected chi connectivity index (χ0v) is 34.2. The number of pyridine rings is 1. The number of hydrogen-bond donors (Lipinski definition) is 3. The normalized spacial score (nSPS) is 30.7. The number of nitrogens with one attached hydrogen (secondary N) is 3. The van der Waals surface area contributed by atoms with Gasteiger partial charge in [-0.3, -0.25) is 23.9 Å². The number of ether oxygens (including phenoxy) is 3. The topological polar surface area (TPSA) is 199 Å². The van der Waals surface area contributed by atoms with Crippen LogP contribution in [0.2, 0.25) is 0 Å². The Kier molecular flexibility index (Phi) is 11.5. The van der Waals surface area contributed by atoms with Gasteiger partial charge in [-0.15, -0.1) is 6.58 Å². The first-order valence-corrected chi connectivity index (χ1v) is 22.6. The van der Waals surface area contributed by atoms with Crippen molar-refractivity contribution in [3.05, 3.63) is 54.6 Å². The molecule has 4 amide bonds. The maximum Gasteiger partial charge on any atom is 0.408 e. The van der Waals surface area contributed by atoms with E-state index in [-0.39, 0.29) is 43.2 Å². The minimum absolute atomic E-state index is 0.0212. The fraction of sp³-hybridized carbons (Fsp3) is 0.581. The molecule has 0 unspecified atom stereocenters. The molecule has 6 aliphatic rings. The van der Waals surface area contributed by atoms with Crippen LogP contribution in [0.3, 0.4) is 0 Å². The third kappa shape index (κ3) is 8.55. The van der Waals surface area contributed by atoms with E-state index >= 15 is 0 Å². The number of carbonyl (C=O) groups excluding carboxylic acids is 5. The summed E-state index contributed by atoms with van der Waals surface area (Å²) >= 11 is 0. The number of benzene rings is 1. The monoisotopic (exact) mass is 831 g/mol. The first kappa shape index (κ1) is 40.8. The van der Waals surface area contributed by atoms with Gasteiger partial charge in [0.05, 0.1) is 22.9 Å². The summed E-state index contributed by atoms with van der Waals surface area (Å²) in [6, 6.07) is 5.07. The summed E-state index contributed by atoms with van der Waals surface area (Å²) in [4.78, 5) is 75.6. The lowest BCUT2D eigenvalue weighted by Gasteiger charge is -2.32. The number of sulfonamides is 1. The van der Waals surface area contributed by atoms with Crippen molar-refractivity contribution in [3.8, 4) is 11.6 Å². The molecular weight excluding hydrogens is 779 g/mol. The van der Waals surface area contributed by atoms with E-state index in [1.165, 1.54) is 17.9 Å². The predicted octanol–water partition coefficient (Wildman–Crippen LogP) is 4.52. The lowest BCUT2D eigenvalue weighted by Crippen LogP contribution is -2.59. The fourth-order valence-electron chi connectivity index (χ4n) is 9.56. The smallest absolute Gasteiger partial charge is 0.408 e. The molecule has 1 saturated heterocycles. The lowest BCUT2D eigenvalue weighted by molar-refractivity contribution is -0.142. The first-order valence-electron chi connectivity index (χ1n) is 21.1. The van der Waals surface area contributed by atoms with E-state index in [1.54, 1.807) is 6.07 Å². The van der Waals surface area contributed by atoms with E-state index in [0.717, 1.165) is 44.9 Å². The maximum absolute atomic E-state index is 14.9. The molecule has 5 fully saturated rings. The minimum Gasteiger partial charge on any atom is -0.472 e. The molecule has 3 heterocycles. The van der Waals surface area contributed by atoms with Crippen LogP contribution >= 0.6 is 0 Å². The van der Waals surface area contributed by atoms with Crippen molar-refractivity contribution in [2.24, 2.45) is 17.8 Å². The van der Waals surface area contributed by atoms with Crippen LogP contribution in [-0.4, -0.2) is 89.7 Å². The lowest BCUT2D eigenvalue weighted by atomic mass is 9.96. The number of alkyl carbamates (subject to hydrolysis) is 1. The Bertz CT molecular complexity index is 2170. The van der Waals surface area contributed by atoms with Gasteiger partial charge in [-0.2, -0.15) is 0 Å². The van der Waals surface area contributed by atoms with Gasteiger partial charge in [-0.25, -0.2) is 18.2 Å². The SMILES string of the molecule is C=C[C@@H]1C[C@]1(NC(=O)[C@@H]1C[C@@H]2CN1C(=O)[C@H](C1CCCC1)NC(=O)O[C@@H]1CCC[C@H]1CC/C=C/Cc1c(nc3ccccc3c1OC(C)=O)O2)C(=O)NS(=O)(=O)C1CC1. The van der Waals surface area contributed by atoms with Crippen LogP contribution in [0.5, 0.6) is 11.6 Å². The van der Waals surface area contributed by atoms with Crippen LogP contribution in [0.1, 0.15) is 96.0 Å². The van der Waals surface area contributed by atoms with Gasteiger partial charge in [0.15, 0.2) is 0 Å². The second-order valence-electron chi connectivity index (χ2n) is 17.1. The van der Waals surface area contributed by atoms with Crippen molar-refractivity contribution >= 4 is 50.7 Å². The summed E-state index contributed by atoms with van der Waals surface area (Å²) in [5.41, 5.74) is -0.535. The van der Waals surface area contributed by atoms with Gasteiger partial charge in [-0.05, 0) is 94.6 Å². The largest absolute Gasteiger partial charge is 0.472 e. The Morgan fingerprint density at radius 3 is 2.49 bits per heavy atom. The van der Waals surface area contributed by atoms with E-state index in [9.17, 15) is 32.4 Å². The maximum atomic E-state index is 14.9. The standard InChI is InChI=1S/C43H53N5O10S/c1-3-28-23-43(28,41(52)47-59(54,55)30-20-21-30)46-38(50)34-22-29-24-48(34)40(51)36(27-13-7-8-14-27)45-42(53)58-35-19-11-15-26(35)12-5-4-6-17-32-37(56-25(2)49)31-16-9-10-18-33(31)44-39(32)57-29/h3-4,6,9-10,16,18,26-30,34-36H,1,5,7-8,11-15,17,19-24H2,2H3,(H,45,53)(H,46,50)(H,47,52)/b6-4+/t26-,28-,29-,34+,35-,36+,43-/m1/s1. The fourth-order valence-corrected chi connectivity index (χ4v) is 10.9. The van der Waals surface area contributed by atoms with Crippen LogP contribution in [0.4, 0.5) is 4.79 Å². The summed E-state index contributed by atoms with van der Waals surface area (Å²) in [6.07, 6.45) is 12.3. The number of hydrogen-bond acceptors (Lipinski definition) is 11. The molecule has 8 rings (SSSR count). The van der Waals surface area contributed by atoms with Crippen LogP contribution in [0, 0.1) is 17.8 Å². The number of para-hydroxylation sites is 1. The van der Waals surface area contributed by atoms with Gasteiger partial charge in [0.2, 0.25) is 27.7 Å². The second kappa shape index (κ2) is 16.6. The average molecular weight is 832 g/mol. The highest BCUT2D eigenvalue weighted by atomic mass is 32.2. The molecule has 2 aliphatic heterocycles. The Hall–Kier alpha value is -4.99. The number of carbonyl (C=O) groups is 5. The Morgan fingerprint density at radius 2 is 1.76 bits per heavy atom. The Balaban J connectivity index is 1.17. The summed E-state index contributed by atoms with van der Waals surface area (Å²) in [6.45, 7) is 5.06. The average Bonchev–Trinajstić information content (AvgIpc) is 3.99. The molecule has 7 atom stereocenters. The zero-order chi connectivity index (χ0) is 41.5. The highest BCUT2D eigenvalue weighted by Gasteiger charge is 2.62. The Labute approximate surface area is 344 Å². The molecule has 59 heavy (non-hydrogen) atoms. The number of aromatic nitrogens is 1. The zero-order valence-electron chi connectivity index (χ0n) is 33.4. The quantitative estimate of drug-likeness (QED) is 0.250. The molecule has 316 valence electrons. The molecule has 1 aromatic carbocycles. The molecule has 3 N–H and O–H groups in total. The van der Waals surface area contributed by atoms with E-state index in [1.807, 2.05) is 24.3 Å². The summed E-state index contributed by atoms with van der Waals surface area (Å²) < 4.78 is 46.4. The van der Waals surface area contributed by atoms with Crippen LogP contribution in [0.25, 0.3) is 10.9 Å². The molecule has 2 bridgehead atoms. The highest BCUT2D eigenvalue weighted by molar-refractivity contribution is 7.91. The molecule has 16 heteroatoms. The van der Waals surface area contributed by atoms with Crippen LogP contribution < -0.4 is 24.8 Å². The number of fused-ring (bicyclic) bond motifs is 5. The molecule has 1 aromatic heterocycles. The van der Waals surface area contributed by atoms with Crippen molar-refractivity contribution in [1.82, 2.24) is 25.2 Å². The van der Waals surface area contributed by atoms with Gasteiger partial charge in [-0.1, -0.05) is 43.2 Å². The number of esters is 1. The van der Waals surface area contributed by atoms with E-state index in [2.05, 4.69) is 28.0 Å². The number of amides is 4. The van der Waals surface area contributed by atoms with E-state index in [4.69, 9.17) is 19.2 Å². The molecule has 15 nitrogen and oxygen atoms in total. The summed E-state index contributed by atoms with van der Waals surface area (Å²) in [5, 5.41) is 5.72. The minimum atomic E-state index is -3.93. The van der Waals surface area contributed by atoms with Crippen molar-refractivity contribution in [1.29, 1.82) is 0 Å². The van der Waals surface area contributed by atoms with E-state index < -0.39 is 74.7 Å².